The second-order valence-corrected chi connectivity index (χ2v) is 3.93. The predicted octanol–water partition coefficient (Wildman–Crippen LogP) is 1.47. The van der Waals surface area contributed by atoms with Crippen molar-refractivity contribution < 1.29 is 4.79 Å². The largest absolute Gasteiger partial charge is 0.398 e. The molecule has 1 heterocycles. The summed E-state index contributed by atoms with van der Waals surface area (Å²) in [5.41, 5.74) is 10.5. The van der Waals surface area contributed by atoms with E-state index in [1.54, 1.807) is 4.90 Å². The Kier molecular flexibility index (Phi) is 1.77. The number of carbonyl (C=O) groups is 1. The molecule has 2 rings (SSSR count). The van der Waals surface area contributed by atoms with Crippen molar-refractivity contribution in [2.45, 2.75) is 20.4 Å². The predicted molar refractivity (Wildman–Crippen MR) is 56.1 cm³/mol. The number of hydrogen-bond acceptors (Lipinski definition) is 2. The number of nitrogens with zero attached hydrogens (tertiary/aromatic N) is 1. The Labute approximate surface area is 83.5 Å². The molecular weight excluding hydrogens is 176 g/mol. The highest BCUT2D eigenvalue weighted by Gasteiger charge is 2.27. The molecule has 1 aromatic carbocycles. The molecule has 3 nitrogen and oxygen atoms in total. The van der Waals surface area contributed by atoms with Crippen LogP contribution < -0.4 is 5.73 Å². The second kappa shape index (κ2) is 2.74. The van der Waals surface area contributed by atoms with Crippen LogP contribution in [0.3, 0.4) is 0 Å². The molecule has 0 unspecified atom stereocenters. The van der Waals surface area contributed by atoms with Crippen molar-refractivity contribution in [3.63, 3.8) is 0 Å². The number of rotatable bonds is 0. The summed E-state index contributed by atoms with van der Waals surface area (Å²) in [6.45, 7) is 4.60. The zero-order valence-corrected chi connectivity index (χ0v) is 8.72. The summed E-state index contributed by atoms with van der Waals surface area (Å²) in [4.78, 5) is 13.5. The summed E-state index contributed by atoms with van der Waals surface area (Å²) < 4.78 is 0. The molecule has 0 atom stereocenters. The Hall–Kier alpha value is -1.51. The number of nitrogens with two attached hydrogens (primary N) is 1. The normalized spacial score (nSPS) is 14.8. The smallest absolute Gasteiger partial charge is 0.254 e. The van der Waals surface area contributed by atoms with Crippen LogP contribution in [0.5, 0.6) is 0 Å². The van der Waals surface area contributed by atoms with Crippen molar-refractivity contribution >= 4 is 11.6 Å². The van der Waals surface area contributed by atoms with Gasteiger partial charge in [-0.3, -0.25) is 4.79 Å². The minimum absolute atomic E-state index is 0.0872. The molecule has 74 valence electrons. The van der Waals surface area contributed by atoms with Crippen molar-refractivity contribution in [3.05, 3.63) is 28.3 Å². The van der Waals surface area contributed by atoms with Crippen LogP contribution in [0.2, 0.25) is 0 Å². The summed E-state index contributed by atoms with van der Waals surface area (Å²) in [7, 11) is 1.81. The maximum Gasteiger partial charge on any atom is 0.254 e. The highest BCUT2D eigenvalue weighted by molar-refractivity contribution is 6.01. The topological polar surface area (TPSA) is 46.3 Å². The van der Waals surface area contributed by atoms with Crippen LogP contribution >= 0.6 is 0 Å². The van der Waals surface area contributed by atoms with E-state index >= 15 is 0 Å². The lowest BCUT2D eigenvalue weighted by atomic mass is 9.99. The standard InChI is InChI=1S/C11H14N2O/c1-6-4-8-5-13(3)11(14)9(8)7(2)10(6)12/h4H,5,12H2,1-3H3. The Bertz CT molecular complexity index is 424. The van der Waals surface area contributed by atoms with E-state index in [1.165, 1.54) is 0 Å². The van der Waals surface area contributed by atoms with Gasteiger partial charge in [0.15, 0.2) is 0 Å². The molecular formula is C11H14N2O. The number of amides is 1. The molecule has 1 aliphatic heterocycles. The molecule has 1 aromatic rings. The lowest BCUT2D eigenvalue weighted by Crippen LogP contribution is -2.18. The third-order valence-electron chi connectivity index (χ3n) is 2.88. The molecule has 0 bridgehead atoms. The molecule has 14 heavy (non-hydrogen) atoms. The minimum atomic E-state index is 0.0872. The van der Waals surface area contributed by atoms with Gasteiger partial charge in [0.25, 0.3) is 5.91 Å². The first kappa shape index (κ1) is 9.06. The molecule has 0 saturated carbocycles. The van der Waals surface area contributed by atoms with Gasteiger partial charge < -0.3 is 10.6 Å². The highest BCUT2D eigenvalue weighted by atomic mass is 16.2. The fraction of sp³-hybridized carbons (Fsp3) is 0.364. The van der Waals surface area contributed by atoms with E-state index in [0.29, 0.717) is 6.54 Å². The van der Waals surface area contributed by atoms with Gasteiger partial charge in [0.1, 0.15) is 0 Å². The zero-order valence-electron chi connectivity index (χ0n) is 8.72. The molecule has 0 spiro atoms. The summed E-state index contributed by atoms with van der Waals surface area (Å²) in [6.07, 6.45) is 0. The summed E-state index contributed by atoms with van der Waals surface area (Å²) in [6, 6.07) is 2.01. The van der Waals surface area contributed by atoms with E-state index in [0.717, 1.165) is 27.9 Å². The number of carbonyl (C=O) groups excluding carboxylic acids is 1. The van der Waals surface area contributed by atoms with E-state index in [9.17, 15) is 4.79 Å². The maximum atomic E-state index is 11.8. The van der Waals surface area contributed by atoms with Crippen LogP contribution in [0.15, 0.2) is 6.07 Å². The fourth-order valence-corrected chi connectivity index (χ4v) is 2.02. The number of anilines is 1. The number of fused-ring (bicyclic) bond motifs is 1. The first-order valence-corrected chi connectivity index (χ1v) is 4.66. The van der Waals surface area contributed by atoms with Crippen LogP contribution in [0.1, 0.15) is 27.0 Å². The van der Waals surface area contributed by atoms with E-state index in [-0.39, 0.29) is 5.91 Å². The molecule has 2 N–H and O–H groups in total. The number of hydrogen-bond donors (Lipinski definition) is 1. The molecule has 0 saturated heterocycles. The van der Waals surface area contributed by atoms with Gasteiger partial charge in [-0.15, -0.1) is 0 Å². The number of nitrogen functional groups attached to an aromatic ring is 1. The first-order chi connectivity index (χ1) is 6.52. The summed E-state index contributed by atoms with van der Waals surface area (Å²) in [5.74, 6) is 0.0872. The van der Waals surface area contributed by atoms with Crippen molar-refractivity contribution in [1.82, 2.24) is 4.90 Å². The molecule has 0 fully saturated rings. The lowest BCUT2D eigenvalue weighted by Gasteiger charge is -2.08. The third kappa shape index (κ3) is 1.02. The molecule has 0 aliphatic carbocycles. The van der Waals surface area contributed by atoms with Crippen LogP contribution in [-0.2, 0) is 6.54 Å². The fourth-order valence-electron chi connectivity index (χ4n) is 2.02. The Morgan fingerprint density at radius 1 is 1.43 bits per heavy atom. The van der Waals surface area contributed by atoms with Crippen molar-refractivity contribution in [2.24, 2.45) is 0 Å². The van der Waals surface area contributed by atoms with Gasteiger partial charge in [-0.25, -0.2) is 0 Å². The average Bonchev–Trinajstić information content (AvgIpc) is 2.39. The SMILES string of the molecule is Cc1cc2c(c(C)c1N)C(=O)N(C)C2. The van der Waals surface area contributed by atoms with Gasteiger partial charge in [-0.05, 0) is 30.5 Å². The van der Waals surface area contributed by atoms with Gasteiger partial charge in [-0.1, -0.05) is 6.07 Å². The molecule has 1 aliphatic rings. The van der Waals surface area contributed by atoms with Gasteiger partial charge in [0, 0.05) is 24.8 Å². The second-order valence-electron chi connectivity index (χ2n) is 3.93. The zero-order chi connectivity index (χ0) is 10.5. The lowest BCUT2D eigenvalue weighted by molar-refractivity contribution is 0.0816. The Morgan fingerprint density at radius 3 is 2.71 bits per heavy atom. The van der Waals surface area contributed by atoms with Crippen molar-refractivity contribution in [2.75, 3.05) is 12.8 Å². The van der Waals surface area contributed by atoms with Crippen LogP contribution in [0, 0.1) is 13.8 Å². The van der Waals surface area contributed by atoms with Gasteiger partial charge >= 0.3 is 0 Å². The molecule has 3 heteroatoms. The monoisotopic (exact) mass is 190 g/mol. The Morgan fingerprint density at radius 2 is 2.07 bits per heavy atom. The first-order valence-electron chi connectivity index (χ1n) is 4.66. The van der Waals surface area contributed by atoms with E-state index in [1.807, 2.05) is 27.0 Å². The number of benzene rings is 1. The van der Waals surface area contributed by atoms with E-state index < -0.39 is 0 Å². The van der Waals surface area contributed by atoms with Gasteiger partial charge in [-0.2, -0.15) is 0 Å². The van der Waals surface area contributed by atoms with Crippen molar-refractivity contribution in [1.29, 1.82) is 0 Å². The Balaban J connectivity index is 2.71. The average molecular weight is 190 g/mol. The summed E-state index contributed by atoms with van der Waals surface area (Å²) in [5, 5.41) is 0. The van der Waals surface area contributed by atoms with Crippen LogP contribution in [0.25, 0.3) is 0 Å². The highest BCUT2D eigenvalue weighted by Crippen LogP contribution is 2.30. The van der Waals surface area contributed by atoms with E-state index in [2.05, 4.69) is 0 Å². The van der Waals surface area contributed by atoms with Gasteiger partial charge in [0.2, 0.25) is 0 Å². The minimum Gasteiger partial charge on any atom is -0.398 e. The molecule has 0 aromatic heterocycles. The van der Waals surface area contributed by atoms with Crippen LogP contribution in [0.4, 0.5) is 5.69 Å². The quantitative estimate of drug-likeness (QED) is 0.630. The third-order valence-corrected chi connectivity index (χ3v) is 2.88. The maximum absolute atomic E-state index is 11.8. The number of aryl methyl sites for hydroxylation is 1. The van der Waals surface area contributed by atoms with Crippen molar-refractivity contribution in [3.8, 4) is 0 Å². The molecule has 0 radical (unpaired) electrons. The molecule has 1 amide bonds. The summed E-state index contributed by atoms with van der Waals surface area (Å²) >= 11 is 0. The van der Waals surface area contributed by atoms with Gasteiger partial charge in [0.05, 0.1) is 0 Å². The van der Waals surface area contributed by atoms with Crippen LogP contribution in [-0.4, -0.2) is 17.9 Å². The van der Waals surface area contributed by atoms with E-state index in [4.69, 9.17) is 5.73 Å².